The van der Waals surface area contributed by atoms with Crippen molar-refractivity contribution in [3.8, 4) is 17.6 Å². The first-order chi connectivity index (χ1) is 16.4. The van der Waals surface area contributed by atoms with Gasteiger partial charge in [-0.2, -0.15) is 5.26 Å². The number of para-hydroxylation sites is 1. The van der Waals surface area contributed by atoms with Gasteiger partial charge in [0.1, 0.15) is 11.6 Å². The molecule has 0 aliphatic rings. The molecule has 0 atom stereocenters. The Labute approximate surface area is 215 Å². The van der Waals surface area contributed by atoms with E-state index in [1.807, 2.05) is 46.9 Å². The summed E-state index contributed by atoms with van der Waals surface area (Å²) in [6.07, 6.45) is 1.45. The van der Waals surface area contributed by atoms with Crippen LogP contribution in [0.25, 0.3) is 6.08 Å². The van der Waals surface area contributed by atoms with E-state index in [0.717, 1.165) is 0 Å². The van der Waals surface area contributed by atoms with Crippen LogP contribution in [0.15, 0.2) is 72.3 Å². The minimum atomic E-state index is -0.559. The highest BCUT2D eigenvalue weighted by Crippen LogP contribution is 2.34. The normalized spacial score (nSPS) is 10.7. The maximum atomic E-state index is 12.5. The number of nitrogens with zero attached hydrogens (tertiary/aromatic N) is 1. The molecule has 0 aliphatic heterocycles. The van der Waals surface area contributed by atoms with Crippen LogP contribution in [0.3, 0.4) is 0 Å². The molecule has 34 heavy (non-hydrogen) atoms. The number of hydrogen-bond donors (Lipinski definition) is 2. The Kier molecular flexibility index (Phi) is 8.90. The quantitative estimate of drug-likeness (QED) is 0.206. The van der Waals surface area contributed by atoms with Crippen molar-refractivity contribution in [1.82, 2.24) is 0 Å². The fourth-order valence-corrected chi connectivity index (χ4v) is 3.77. The number of carbonyl (C=O) groups excluding carboxylic acids is 2. The molecule has 2 N–H and O–H groups in total. The number of nitrogens with one attached hydrogen (secondary N) is 2. The number of anilines is 2. The molecule has 0 saturated heterocycles. The molecule has 2 amide bonds. The molecule has 0 saturated carbocycles. The first-order valence-electron chi connectivity index (χ1n) is 9.93. The molecule has 0 unspecified atom stereocenters. The Bertz CT molecular complexity index is 1260. The van der Waals surface area contributed by atoms with Gasteiger partial charge in [0.15, 0.2) is 18.1 Å². The van der Waals surface area contributed by atoms with E-state index in [4.69, 9.17) is 21.1 Å². The van der Waals surface area contributed by atoms with Crippen molar-refractivity contribution in [1.29, 1.82) is 5.26 Å². The summed E-state index contributed by atoms with van der Waals surface area (Å²) in [6.45, 7) is -0.219. The molecule has 0 aromatic heterocycles. The minimum absolute atomic E-state index is 0.0938. The first-order valence-corrected chi connectivity index (χ1v) is 11.4. The SMILES string of the molecule is COc1cc(/C=C(\C#N)C(=O)Nc2ccc(Cl)cc2)cc(I)c1OCC(=O)Nc1ccccc1. The van der Waals surface area contributed by atoms with Crippen LogP contribution in [0.1, 0.15) is 5.56 Å². The van der Waals surface area contributed by atoms with Gasteiger partial charge in [0.2, 0.25) is 0 Å². The molecular formula is C25H19ClIN3O4. The summed E-state index contributed by atoms with van der Waals surface area (Å²) in [7, 11) is 1.47. The molecule has 9 heteroatoms. The van der Waals surface area contributed by atoms with Crippen molar-refractivity contribution in [2.24, 2.45) is 0 Å². The first kappa shape index (κ1) is 25.1. The van der Waals surface area contributed by atoms with E-state index < -0.39 is 5.91 Å². The fourth-order valence-electron chi connectivity index (χ4n) is 2.87. The van der Waals surface area contributed by atoms with Gasteiger partial charge in [0, 0.05) is 16.4 Å². The third-order valence-electron chi connectivity index (χ3n) is 4.44. The molecule has 0 spiro atoms. The van der Waals surface area contributed by atoms with E-state index in [2.05, 4.69) is 10.6 Å². The van der Waals surface area contributed by atoms with Gasteiger partial charge in [-0.15, -0.1) is 0 Å². The molecule has 0 heterocycles. The van der Waals surface area contributed by atoms with Crippen LogP contribution in [0.2, 0.25) is 5.02 Å². The lowest BCUT2D eigenvalue weighted by Crippen LogP contribution is -2.20. The molecule has 7 nitrogen and oxygen atoms in total. The molecule has 0 radical (unpaired) electrons. The predicted octanol–water partition coefficient (Wildman–Crippen LogP) is 5.52. The third kappa shape index (κ3) is 6.97. The Morgan fingerprint density at radius 1 is 1.06 bits per heavy atom. The van der Waals surface area contributed by atoms with Crippen LogP contribution in [-0.2, 0) is 9.59 Å². The highest BCUT2D eigenvalue weighted by Gasteiger charge is 2.15. The largest absolute Gasteiger partial charge is 0.493 e. The number of carbonyl (C=O) groups is 2. The second kappa shape index (κ2) is 12.1. The molecule has 3 rings (SSSR count). The van der Waals surface area contributed by atoms with Crippen molar-refractivity contribution in [3.05, 3.63) is 86.5 Å². The molecule has 0 bridgehead atoms. The van der Waals surface area contributed by atoms with Crippen molar-refractivity contribution >= 4 is 63.5 Å². The number of benzene rings is 3. The topological polar surface area (TPSA) is 100 Å². The average molecular weight is 588 g/mol. The summed E-state index contributed by atoms with van der Waals surface area (Å²) in [5.41, 5.74) is 1.65. The predicted molar refractivity (Wildman–Crippen MR) is 140 cm³/mol. The van der Waals surface area contributed by atoms with E-state index >= 15 is 0 Å². The molecule has 0 aliphatic carbocycles. The summed E-state index contributed by atoms with van der Waals surface area (Å²) in [6, 6.07) is 20.9. The number of amides is 2. The van der Waals surface area contributed by atoms with E-state index in [9.17, 15) is 14.9 Å². The standard InChI is InChI=1S/C25H19ClIN3O4/c1-33-22-13-16(11-17(14-28)25(32)30-20-9-7-18(26)8-10-20)12-21(27)24(22)34-15-23(31)29-19-5-3-2-4-6-19/h2-13H,15H2,1H3,(H,29,31)(H,30,32)/b17-11+. The van der Waals surface area contributed by atoms with Crippen molar-refractivity contribution in [2.75, 3.05) is 24.4 Å². The zero-order valence-corrected chi connectivity index (χ0v) is 20.9. The second-order valence-corrected chi connectivity index (χ2v) is 8.47. The second-order valence-electron chi connectivity index (χ2n) is 6.87. The smallest absolute Gasteiger partial charge is 0.266 e. The van der Waals surface area contributed by atoms with Gasteiger partial charge in [-0.25, -0.2) is 0 Å². The molecule has 3 aromatic carbocycles. The molecular weight excluding hydrogens is 569 g/mol. The van der Waals surface area contributed by atoms with E-state index in [-0.39, 0.29) is 18.1 Å². The van der Waals surface area contributed by atoms with Crippen molar-refractivity contribution in [2.45, 2.75) is 0 Å². The Morgan fingerprint density at radius 2 is 1.74 bits per heavy atom. The van der Waals surface area contributed by atoms with Gasteiger partial charge in [-0.1, -0.05) is 29.8 Å². The van der Waals surface area contributed by atoms with Gasteiger partial charge < -0.3 is 20.1 Å². The van der Waals surface area contributed by atoms with Crippen LogP contribution < -0.4 is 20.1 Å². The van der Waals surface area contributed by atoms with E-state index in [0.29, 0.717) is 37.0 Å². The monoisotopic (exact) mass is 587 g/mol. The fraction of sp³-hybridized carbons (Fsp3) is 0.0800. The Morgan fingerprint density at radius 3 is 2.38 bits per heavy atom. The summed E-state index contributed by atoms with van der Waals surface area (Å²) in [4.78, 5) is 24.7. The number of rotatable bonds is 8. The number of nitriles is 1. The average Bonchev–Trinajstić information content (AvgIpc) is 2.83. The van der Waals surface area contributed by atoms with Gasteiger partial charge in [-0.05, 0) is 82.8 Å². The Hall–Kier alpha value is -3.55. The van der Waals surface area contributed by atoms with Crippen LogP contribution in [0.4, 0.5) is 11.4 Å². The summed E-state index contributed by atoms with van der Waals surface area (Å²) in [5, 5.41) is 15.4. The maximum Gasteiger partial charge on any atom is 0.266 e. The van der Waals surface area contributed by atoms with Crippen LogP contribution in [0.5, 0.6) is 11.5 Å². The zero-order chi connectivity index (χ0) is 24.5. The van der Waals surface area contributed by atoms with Crippen molar-refractivity contribution in [3.63, 3.8) is 0 Å². The van der Waals surface area contributed by atoms with Gasteiger partial charge in [0.05, 0.1) is 10.7 Å². The molecule has 3 aromatic rings. The highest BCUT2D eigenvalue weighted by molar-refractivity contribution is 14.1. The van der Waals surface area contributed by atoms with Gasteiger partial charge in [0.25, 0.3) is 11.8 Å². The minimum Gasteiger partial charge on any atom is -0.493 e. The molecule has 0 fully saturated rings. The summed E-state index contributed by atoms with van der Waals surface area (Å²) >= 11 is 7.90. The van der Waals surface area contributed by atoms with Crippen LogP contribution in [0, 0.1) is 14.9 Å². The number of halogens is 2. The number of methoxy groups -OCH3 is 1. The highest BCUT2D eigenvalue weighted by atomic mass is 127. The maximum absolute atomic E-state index is 12.5. The van der Waals surface area contributed by atoms with Crippen molar-refractivity contribution < 1.29 is 19.1 Å². The van der Waals surface area contributed by atoms with Crippen LogP contribution >= 0.6 is 34.2 Å². The summed E-state index contributed by atoms with van der Waals surface area (Å²) < 4.78 is 11.8. The van der Waals surface area contributed by atoms with Gasteiger partial charge >= 0.3 is 0 Å². The number of ether oxygens (including phenoxy) is 2. The third-order valence-corrected chi connectivity index (χ3v) is 5.49. The Balaban J connectivity index is 1.73. The molecule has 172 valence electrons. The van der Waals surface area contributed by atoms with Gasteiger partial charge in [-0.3, -0.25) is 9.59 Å². The summed E-state index contributed by atoms with van der Waals surface area (Å²) in [5.74, 6) is -0.135. The number of hydrogen-bond acceptors (Lipinski definition) is 5. The van der Waals surface area contributed by atoms with E-state index in [1.165, 1.54) is 13.2 Å². The lowest BCUT2D eigenvalue weighted by molar-refractivity contribution is -0.118. The lowest BCUT2D eigenvalue weighted by atomic mass is 10.1. The van der Waals surface area contributed by atoms with E-state index in [1.54, 1.807) is 48.5 Å². The zero-order valence-electron chi connectivity index (χ0n) is 18.0. The van der Waals surface area contributed by atoms with Crippen LogP contribution in [-0.4, -0.2) is 25.5 Å². The lowest BCUT2D eigenvalue weighted by Gasteiger charge is -2.14.